The van der Waals surface area contributed by atoms with E-state index in [1.54, 1.807) is 53.7 Å². The minimum atomic E-state index is -0.685. The van der Waals surface area contributed by atoms with Crippen molar-refractivity contribution in [3.05, 3.63) is 29.8 Å². The zero-order valence-corrected chi connectivity index (χ0v) is 38.5. The summed E-state index contributed by atoms with van der Waals surface area (Å²) in [6.07, 6.45) is 0.535. The maximum absolute atomic E-state index is 13.6. The van der Waals surface area contributed by atoms with Crippen LogP contribution in [0.2, 0.25) is 0 Å². The lowest BCUT2D eigenvalue weighted by Crippen LogP contribution is -2.50. The van der Waals surface area contributed by atoms with Gasteiger partial charge in [-0.3, -0.25) is 48.4 Å². The summed E-state index contributed by atoms with van der Waals surface area (Å²) in [5, 5.41) is 9.66. The Bertz CT molecular complexity index is 1570. The summed E-state index contributed by atoms with van der Waals surface area (Å²) < 4.78 is 16.9. The molecule has 1 aliphatic rings. The van der Waals surface area contributed by atoms with E-state index < -0.39 is 28.7 Å². The van der Waals surface area contributed by atoms with E-state index in [1.807, 2.05) is 40.4 Å². The summed E-state index contributed by atoms with van der Waals surface area (Å²) in [7, 11) is 0. The molecular weight excluding hydrogens is 787 g/mol. The van der Waals surface area contributed by atoms with Crippen LogP contribution in [0.25, 0.3) is 0 Å². The number of amides is 1. The fraction of sp³-hybridized carbons (Fsp3) is 0.711. The summed E-state index contributed by atoms with van der Waals surface area (Å²) in [5.41, 5.74) is -1.38. The molecule has 0 radical (unpaired) electrons. The third-order valence-corrected chi connectivity index (χ3v) is 9.30. The van der Waals surface area contributed by atoms with Crippen LogP contribution >= 0.6 is 0 Å². The van der Waals surface area contributed by atoms with Crippen LogP contribution in [0.1, 0.15) is 100 Å². The van der Waals surface area contributed by atoms with Gasteiger partial charge in [0.05, 0.1) is 39.1 Å². The lowest BCUT2D eigenvalue weighted by molar-refractivity contribution is -0.158. The molecule has 0 aromatic heterocycles. The Kier molecular flexibility index (Phi) is 21.7. The molecule has 0 bridgehead atoms. The molecule has 16 nitrogen and oxygen atoms in total. The lowest BCUT2D eigenvalue weighted by Gasteiger charge is -2.34. The first-order valence-electron chi connectivity index (χ1n) is 21.4. The molecule has 0 unspecified atom stereocenters. The SMILES string of the molecule is CC(=O)CCC(=O)CN(CCCC(=O)CN1CCN(CC(=O)OC(C)(C)C)CCN(CC(=O)OC(C)(C)C)CCN(CC(=O)OC(C)(C)C)CC1)C(=O)Cc1ccc(O)cc1. The molecule has 0 spiro atoms. The topological polar surface area (TPSA) is 184 Å². The highest BCUT2D eigenvalue weighted by molar-refractivity contribution is 5.89. The van der Waals surface area contributed by atoms with E-state index in [9.17, 15) is 38.7 Å². The Morgan fingerprint density at radius 3 is 1.30 bits per heavy atom. The number of phenols is 1. The number of Topliss-reactive ketones (excluding diaryl/α,β-unsaturated/α-hetero) is 3. The minimum absolute atomic E-state index is 0.000344. The molecule has 1 saturated heterocycles. The van der Waals surface area contributed by atoms with Crippen molar-refractivity contribution in [1.29, 1.82) is 0 Å². The van der Waals surface area contributed by atoms with E-state index in [0.717, 1.165) is 0 Å². The van der Waals surface area contributed by atoms with Gasteiger partial charge in [-0.05, 0) is 93.4 Å². The van der Waals surface area contributed by atoms with Crippen LogP contribution in [-0.2, 0) is 54.2 Å². The third kappa shape index (κ3) is 25.3. The van der Waals surface area contributed by atoms with Crippen LogP contribution in [0.3, 0.4) is 0 Å². The number of carbonyl (C=O) groups is 7. The molecule has 61 heavy (non-hydrogen) atoms. The summed E-state index contributed by atoms with van der Waals surface area (Å²) >= 11 is 0. The van der Waals surface area contributed by atoms with Gasteiger partial charge in [0.25, 0.3) is 0 Å². The van der Waals surface area contributed by atoms with Crippen molar-refractivity contribution in [3.8, 4) is 5.75 Å². The molecular formula is C45H73N5O11. The molecule has 1 fully saturated rings. The smallest absolute Gasteiger partial charge is 0.320 e. The van der Waals surface area contributed by atoms with Crippen LogP contribution in [0.5, 0.6) is 5.75 Å². The number of benzene rings is 1. The van der Waals surface area contributed by atoms with Gasteiger partial charge in [0.2, 0.25) is 5.91 Å². The zero-order valence-electron chi connectivity index (χ0n) is 38.5. The molecule has 1 N–H and O–H groups in total. The first kappa shape index (κ1) is 52.9. The summed E-state index contributed by atoms with van der Waals surface area (Å²) in [4.78, 5) is 99.7. The number of rotatable bonds is 19. The van der Waals surface area contributed by atoms with Crippen molar-refractivity contribution in [2.24, 2.45) is 0 Å². The maximum Gasteiger partial charge on any atom is 0.320 e. The zero-order chi connectivity index (χ0) is 46.0. The Labute approximate surface area is 363 Å². The third-order valence-electron chi connectivity index (χ3n) is 9.30. The molecule has 0 saturated carbocycles. The first-order chi connectivity index (χ1) is 28.2. The molecule has 2 rings (SSSR count). The van der Waals surface area contributed by atoms with Gasteiger partial charge in [-0.15, -0.1) is 0 Å². The van der Waals surface area contributed by atoms with Crippen molar-refractivity contribution < 1.29 is 52.9 Å². The largest absolute Gasteiger partial charge is 0.508 e. The fourth-order valence-electron chi connectivity index (χ4n) is 6.48. The number of hydrogen-bond donors (Lipinski definition) is 1. The maximum atomic E-state index is 13.6. The molecule has 1 aliphatic heterocycles. The second-order valence-electron chi connectivity index (χ2n) is 18.9. The Morgan fingerprint density at radius 2 is 0.934 bits per heavy atom. The van der Waals surface area contributed by atoms with Gasteiger partial charge in [-0.1, -0.05) is 12.1 Å². The number of hydrogen-bond acceptors (Lipinski definition) is 15. The highest BCUT2D eigenvalue weighted by Crippen LogP contribution is 2.14. The van der Waals surface area contributed by atoms with Crippen molar-refractivity contribution >= 4 is 41.2 Å². The summed E-state index contributed by atoms with van der Waals surface area (Å²) in [6.45, 7) is 21.0. The second kappa shape index (κ2) is 25.0. The first-order valence-corrected chi connectivity index (χ1v) is 21.4. The number of nitrogens with zero attached hydrogens (tertiary/aromatic N) is 5. The van der Waals surface area contributed by atoms with Crippen molar-refractivity contribution in [1.82, 2.24) is 24.5 Å². The Hall–Kier alpha value is -4.25. The molecule has 0 aliphatic carbocycles. The molecule has 1 aromatic carbocycles. The normalized spacial score (nSPS) is 15.8. The number of aromatic hydroxyl groups is 1. The summed E-state index contributed by atoms with van der Waals surface area (Å²) in [5.74, 6) is -1.87. The predicted octanol–water partition coefficient (Wildman–Crippen LogP) is 3.30. The Morgan fingerprint density at radius 1 is 0.557 bits per heavy atom. The average molecular weight is 860 g/mol. The van der Waals surface area contributed by atoms with Crippen LogP contribution in [0.4, 0.5) is 0 Å². The van der Waals surface area contributed by atoms with Crippen LogP contribution in [-0.4, -0.2) is 179 Å². The van der Waals surface area contributed by atoms with E-state index in [-0.39, 0.29) is 99.9 Å². The van der Waals surface area contributed by atoms with E-state index in [0.29, 0.717) is 64.3 Å². The van der Waals surface area contributed by atoms with Gasteiger partial charge in [0, 0.05) is 78.2 Å². The number of carbonyl (C=O) groups excluding carboxylic acids is 7. The van der Waals surface area contributed by atoms with Gasteiger partial charge in [-0.2, -0.15) is 0 Å². The monoisotopic (exact) mass is 860 g/mol. The average Bonchev–Trinajstić information content (AvgIpc) is 3.09. The molecule has 344 valence electrons. The van der Waals surface area contributed by atoms with Crippen molar-refractivity contribution in [2.75, 3.05) is 91.6 Å². The number of ketones is 3. The van der Waals surface area contributed by atoms with Crippen LogP contribution < -0.4 is 0 Å². The summed E-state index contributed by atoms with van der Waals surface area (Å²) in [6, 6.07) is 6.23. The van der Waals surface area contributed by atoms with Gasteiger partial charge in [-0.25, -0.2) is 0 Å². The van der Waals surface area contributed by atoms with E-state index in [4.69, 9.17) is 14.2 Å². The molecule has 1 amide bonds. The predicted molar refractivity (Wildman–Crippen MR) is 231 cm³/mol. The standard InChI is InChI=1S/C45H73N5O11/c1-34(51)13-16-38(54)30-50(39(55)28-35-14-17-36(52)18-15-35)19-11-12-37(53)29-46-20-22-47(31-40(56)59-43(2,3)4)24-26-49(33-42(58)61-45(8,9)10)27-25-48(23-21-46)32-41(57)60-44(5,6)7/h14-15,17-18,52H,11-13,16,19-33H2,1-10H3. The van der Waals surface area contributed by atoms with Crippen LogP contribution in [0, 0.1) is 0 Å². The lowest BCUT2D eigenvalue weighted by atomic mass is 10.1. The highest BCUT2D eigenvalue weighted by Gasteiger charge is 2.26. The van der Waals surface area contributed by atoms with Gasteiger partial charge in [0.15, 0.2) is 5.78 Å². The molecule has 0 atom stereocenters. The van der Waals surface area contributed by atoms with E-state index in [2.05, 4.69) is 0 Å². The van der Waals surface area contributed by atoms with Crippen molar-refractivity contribution in [3.63, 3.8) is 0 Å². The number of phenolic OH excluding ortho intramolecular Hbond substituents is 1. The number of ether oxygens (including phenoxy) is 3. The van der Waals surface area contributed by atoms with E-state index in [1.165, 1.54) is 24.0 Å². The molecule has 1 heterocycles. The number of esters is 3. The van der Waals surface area contributed by atoms with Gasteiger partial charge < -0.3 is 29.0 Å². The minimum Gasteiger partial charge on any atom is -0.508 e. The van der Waals surface area contributed by atoms with Gasteiger partial charge >= 0.3 is 17.9 Å². The second-order valence-corrected chi connectivity index (χ2v) is 18.9. The molecule has 1 aromatic rings. The van der Waals surface area contributed by atoms with Crippen molar-refractivity contribution in [2.45, 2.75) is 118 Å². The quantitative estimate of drug-likeness (QED) is 0.158. The fourth-order valence-corrected chi connectivity index (χ4v) is 6.48. The highest BCUT2D eigenvalue weighted by atomic mass is 16.6. The van der Waals surface area contributed by atoms with E-state index >= 15 is 0 Å². The molecule has 16 heteroatoms. The Balaban J connectivity index is 2.27. The van der Waals surface area contributed by atoms with Crippen LogP contribution in [0.15, 0.2) is 24.3 Å². The van der Waals surface area contributed by atoms with Gasteiger partial charge in [0.1, 0.15) is 34.1 Å².